The van der Waals surface area contributed by atoms with Crippen LogP contribution >= 0.6 is 15.9 Å². The summed E-state index contributed by atoms with van der Waals surface area (Å²) in [6.07, 6.45) is 14.4. The van der Waals surface area contributed by atoms with Gasteiger partial charge in [0.05, 0.1) is 33.4 Å². The van der Waals surface area contributed by atoms with E-state index in [9.17, 15) is 20.2 Å². The molecule has 2 unspecified atom stereocenters. The van der Waals surface area contributed by atoms with E-state index in [2.05, 4.69) is 53.0 Å². The van der Waals surface area contributed by atoms with Crippen molar-refractivity contribution in [3.05, 3.63) is 117 Å². The van der Waals surface area contributed by atoms with Crippen molar-refractivity contribution in [1.29, 1.82) is 0 Å². The van der Waals surface area contributed by atoms with Crippen molar-refractivity contribution >= 4 is 38.9 Å². The monoisotopic (exact) mass is 770 g/mol. The van der Waals surface area contributed by atoms with Gasteiger partial charge in [0.25, 0.3) is 0 Å². The molecule has 268 valence electrons. The number of nitrogen functional groups attached to an aromatic ring is 2. The van der Waals surface area contributed by atoms with Crippen molar-refractivity contribution in [2.24, 2.45) is 0 Å². The van der Waals surface area contributed by atoms with Crippen LogP contribution in [0.4, 0.5) is 23.0 Å². The predicted octanol–water partition coefficient (Wildman–Crippen LogP) is 6.01. The Morgan fingerprint density at radius 3 is 1.56 bits per heavy atom. The molecular weight excluding hydrogens is 736 g/mol. The molecule has 0 spiro atoms. The van der Waals surface area contributed by atoms with Gasteiger partial charge < -0.3 is 16.6 Å². The van der Waals surface area contributed by atoms with Gasteiger partial charge >= 0.3 is 11.4 Å². The molecule has 0 fully saturated rings. The normalized spacial score (nSPS) is 12.1. The quantitative estimate of drug-likeness (QED) is 0.0733. The number of anilines is 2. The number of rotatable bonds is 12. The number of alkyl halides is 1. The molecule has 0 radical (unpaired) electrons. The molecule has 6 aromatic heterocycles. The first-order valence-corrected chi connectivity index (χ1v) is 17.1. The van der Waals surface area contributed by atoms with Gasteiger partial charge in [-0.3, -0.25) is 20.2 Å². The van der Waals surface area contributed by atoms with Crippen LogP contribution < -0.4 is 11.5 Å². The molecule has 0 saturated heterocycles. The molecule has 6 aromatic rings. The van der Waals surface area contributed by atoms with Gasteiger partial charge in [0.1, 0.15) is 0 Å². The molecule has 0 aliphatic carbocycles. The zero-order valence-corrected chi connectivity index (χ0v) is 29.7. The molecule has 0 saturated carbocycles. The number of nitrogens with zero attached hydrogens (tertiary/aromatic N) is 10. The Bertz CT molecular complexity index is 2040. The van der Waals surface area contributed by atoms with Crippen LogP contribution in [0.25, 0.3) is 33.9 Å². The lowest BCUT2D eigenvalue weighted by atomic mass is 9.99. The lowest BCUT2D eigenvalue weighted by Crippen LogP contribution is -2.02. The summed E-state index contributed by atoms with van der Waals surface area (Å²) in [7, 11) is 0. The van der Waals surface area contributed by atoms with Crippen molar-refractivity contribution in [1.82, 2.24) is 39.5 Å². The number of pyridine rings is 4. The summed E-state index contributed by atoms with van der Waals surface area (Å²) in [6.45, 7) is 4.28. The second-order valence-corrected chi connectivity index (χ2v) is 12.5. The molecule has 0 aliphatic rings. The third kappa shape index (κ3) is 8.41. The highest BCUT2D eigenvalue weighted by Gasteiger charge is 2.23. The molecular formula is C34H35BrN12O5. The van der Waals surface area contributed by atoms with E-state index < -0.39 is 9.85 Å². The highest BCUT2D eigenvalue weighted by Crippen LogP contribution is 2.34. The maximum Gasteiger partial charge on any atom is 0.319 e. The standard InChI is InChI=1S/C17H17BrN6O2.C17H18N6O3/c1-11(2-5-18)12-3-6-20-15(8-12)23-10-13(9-22-23)14-4-7-21-17(19)16(14)24(25)26;1-11(4-7-24)12-2-5-19-15(8-12)22-10-13(9-21-22)14-3-6-20-17(18)16(14)23(25)26/h3-4,6-11H,2,5H2,1H3,(H2,19,21);2-3,5-6,8-11,24H,4,7H2,1H3,(H2,18,20). The Kier molecular flexibility index (Phi) is 11.9. The number of hydrogen-bond donors (Lipinski definition) is 3. The third-order valence-electron chi connectivity index (χ3n) is 8.31. The molecule has 0 aliphatic heterocycles. The Hall–Kier alpha value is -6.14. The van der Waals surface area contributed by atoms with Crippen LogP contribution in [-0.4, -0.2) is 66.4 Å². The molecule has 0 bridgehead atoms. The van der Waals surface area contributed by atoms with E-state index >= 15 is 0 Å². The number of nitro groups is 2. The summed E-state index contributed by atoms with van der Waals surface area (Å²) >= 11 is 3.46. The summed E-state index contributed by atoms with van der Waals surface area (Å²) in [5.41, 5.74) is 14.9. The summed E-state index contributed by atoms with van der Waals surface area (Å²) in [5, 5.41) is 41.2. The van der Waals surface area contributed by atoms with E-state index in [4.69, 9.17) is 16.6 Å². The van der Waals surface area contributed by atoms with Gasteiger partial charge in [0.15, 0.2) is 11.6 Å². The van der Waals surface area contributed by atoms with Gasteiger partial charge in [-0.2, -0.15) is 10.2 Å². The molecule has 18 heteroatoms. The average Bonchev–Trinajstić information content (AvgIpc) is 3.83. The Balaban J connectivity index is 0.000000201. The number of nitrogens with two attached hydrogens (primary N) is 2. The average molecular weight is 772 g/mol. The SMILES string of the molecule is CC(CCBr)c1ccnc(-n2cc(-c3ccnc(N)c3[N+](=O)[O-])cn2)c1.CC(CCO)c1ccnc(-n2cc(-c3ccnc(N)c3[N+](=O)[O-])cn2)c1. The minimum atomic E-state index is -0.551. The highest BCUT2D eigenvalue weighted by atomic mass is 79.9. The summed E-state index contributed by atoms with van der Waals surface area (Å²) in [4.78, 5) is 37.8. The van der Waals surface area contributed by atoms with Gasteiger partial charge in [-0.1, -0.05) is 29.8 Å². The Labute approximate surface area is 305 Å². The molecule has 2 atom stereocenters. The summed E-state index contributed by atoms with van der Waals surface area (Å²) < 4.78 is 3.14. The van der Waals surface area contributed by atoms with Gasteiger partial charge in [-0.25, -0.2) is 29.3 Å². The van der Waals surface area contributed by atoms with E-state index in [0.717, 1.165) is 22.9 Å². The largest absolute Gasteiger partial charge is 0.396 e. The van der Waals surface area contributed by atoms with Crippen LogP contribution in [0.5, 0.6) is 0 Å². The first-order valence-electron chi connectivity index (χ1n) is 16.0. The molecule has 6 heterocycles. The second-order valence-electron chi connectivity index (χ2n) is 11.7. The maximum atomic E-state index is 11.3. The molecule has 17 nitrogen and oxygen atoms in total. The number of aliphatic hydroxyl groups excluding tert-OH is 1. The van der Waals surface area contributed by atoms with Crippen LogP contribution in [0, 0.1) is 20.2 Å². The second kappa shape index (κ2) is 16.7. The van der Waals surface area contributed by atoms with Crippen molar-refractivity contribution in [3.8, 4) is 33.9 Å². The van der Waals surface area contributed by atoms with Crippen molar-refractivity contribution in [3.63, 3.8) is 0 Å². The van der Waals surface area contributed by atoms with E-state index in [0.29, 0.717) is 46.2 Å². The fraction of sp³-hybridized carbons (Fsp3) is 0.235. The molecule has 0 aromatic carbocycles. The van der Waals surface area contributed by atoms with Gasteiger partial charge in [-0.05, 0) is 72.2 Å². The molecule has 0 amide bonds. The Morgan fingerprint density at radius 1 is 0.731 bits per heavy atom. The maximum absolute atomic E-state index is 11.3. The number of halogens is 1. The highest BCUT2D eigenvalue weighted by molar-refractivity contribution is 9.09. The van der Waals surface area contributed by atoms with Crippen LogP contribution in [0.1, 0.15) is 49.7 Å². The van der Waals surface area contributed by atoms with Crippen molar-refractivity contribution in [2.45, 2.75) is 38.5 Å². The smallest absolute Gasteiger partial charge is 0.319 e. The summed E-state index contributed by atoms with van der Waals surface area (Å²) in [6, 6.07) is 10.8. The van der Waals surface area contributed by atoms with E-state index in [1.165, 1.54) is 24.7 Å². The van der Waals surface area contributed by atoms with Crippen LogP contribution in [-0.2, 0) is 0 Å². The van der Waals surface area contributed by atoms with E-state index in [-0.39, 0.29) is 35.5 Å². The third-order valence-corrected chi connectivity index (χ3v) is 8.77. The Morgan fingerprint density at radius 2 is 1.15 bits per heavy atom. The minimum Gasteiger partial charge on any atom is -0.396 e. The van der Waals surface area contributed by atoms with Gasteiger partial charge in [0, 0.05) is 60.2 Å². The van der Waals surface area contributed by atoms with Gasteiger partial charge in [-0.15, -0.1) is 0 Å². The fourth-order valence-electron chi connectivity index (χ4n) is 5.39. The molecule has 6 rings (SSSR count). The first kappa shape index (κ1) is 37.1. The number of aromatic nitrogens is 8. The zero-order chi connectivity index (χ0) is 37.4. The first-order chi connectivity index (χ1) is 25.0. The van der Waals surface area contributed by atoms with Crippen molar-refractivity contribution < 1.29 is 15.0 Å². The predicted molar refractivity (Wildman–Crippen MR) is 198 cm³/mol. The van der Waals surface area contributed by atoms with Crippen LogP contribution in [0.15, 0.2) is 86.0 Å². The molecule has 5 N–H and O–H groups in total. The van der Waals surface area contributed by atoms with Crippen molar-refractivity contribution in [2.75, 3.05) is 23.4 Å². The van der Waals surface area contributed by atoms with Crippen LogP contribution in [0.3, 0.4) is 0 Å². The summed E-state index contributed by atoms with van der Waals surface area (Å²) in [5.74, 6) is 1.54. The zero-order valence-electron chi connectivity index (χ0n) is 28.2. The number of aliphatic hydroxyl groups is 1. The lowest BCUT2D eigenvalue weighted by Gasteiger charge is -2.11. The van der Waals surface area contributed by atoms with E-state index in [1.54, 1.807) is 46.4 Å². The van der Waals surface area contributed by atoms with Gasteiger partial charge in [0.2, 0.25) is 11.6 Å². The number of hydrogen-bond acceptors (Lipinski definition) is 13. The fourth-order valence-corrected chi connectivity index (χ4v) is 6.07. The van der Waals surface area contributed by atoms with E-state index in [1.807, 2.05) is 31.2 Å². The minimum absolute atomic E-state index is 0.109. The molecule has 52 heavy (non-hydrogen) atoms. The van der Waals surface area contributed by atoms with Crippen LogP contribution in [0.2, 0.25) is 0 Å². The lowest BCUT2D eigenvalue weighted by molar-refractivity contribution is -0.383. The topological polar surface area (TPSA) is 246 Å².